The molecule has 0 spiro atoms. The Balaban J connectivity index is 0.933. The molecule has 14 heteroatoms. The Morgan fingerprint density at radius 1 is 0.511 bits per heavy atom. The average Bonchev–Trinajstić information content (AvgIpc) is 0.679. The maximum Gasteiger partial charge on any atom is 0.334 e. The first-order valence-electron chi connectivity index (χ1n) is 35.2. The van der Waals surface area contributed by atoms with Crippen molar-refractivity contribution in [3.8, 4) is 23.0 Å². The number of aliphatic carboxylic acids is 2. The molecule has 8 fully saturated rings. The number of fused-ring (bicyclic) bond motifs is 15. The first-order chi connectivity index (χ1) is 42.9. The Bertz CT molecular complexity index is 3510. The Kier molecular flexibility index (Phi) is 15.0. The van der Waals surface area contributed by atoms with Gasteiger partial charge in [-0.2, -0.15) is 0 Å². The summed E-state index contributed by atoms with van der Waals surface area (Å²) >= 11 is 0. The van der Waals surface area contributed by atoms with Crippen molar-refractivity contribution >= 4 is 30.0 Å². The van der Waals surface area contributed by atoms with E-state index < -0.39 is 103 Å². The van der Waals surface area contributed by atoms with Gasteiger partial charge in [0.1, 0.15) is 19.1 Å². The van der Waals surface area contributed by atoms with E-state index in [2.05, 4.69) is 95.2 Å². The van der Waals surface area contributed by atoms with Crippen molar-refractivity contribution < 1.29 is 69.5 Å². The predicted octanol–water partition coefficient (Wildman–Crippen LogP) is 15.2. The Hall–Kier alpha value is -5.34. The van der Waals surface area contributed by atoms with Gasteiger partial charge >= 0.3 is 23.9 Å². The van der Waals surface area contributed by atoms with Gasteiger partial charge in [0.2, 0.25) is 0 Å². The molecule has 0 saturated heterocycles. The van der Waals surface area contributed by atoms with Crippen molar-refractivity contribution in [3.05, 3.63) is 75.9 Å². The van der Waals surface area contributed by atoms with E-state index in [1.54, 1.807) is 12.1 Å². The van der Waals surface area contributed by atoms with Crippen LogP contribution in [0.25, 0.3) is 6.08 Å². The number of phenolic OH excluding ortho intramolecular Hbond substituents is 4. The summed E-state index contributed by atoms with van der Waals surface area (Å²) in [6, 6.07) is 7.01. The summed E-state index contributed by atoms with van der Waals surface area (Å²) in [6.45, 7) is 27.0. The van der Waals surface area contributed by atoms with E-state index in [1.807, 2.05) is 0 Å². The van der Waals surface area contributed by atoms with Gasteiger partial charge in [0.15, 0.2) is 23.0 Å². The highest BCUT2D eigenvalue weighted by Crippen LogP contribution is 2.79. The molecule has 8 N–H and O–H groups in total. The van der Waals surface area contributed by atoms with Crippen LogP contribution in [0.15, 0.2) is 59.2 Å². The number of rotatable bonds is 9. The number of hydrogen-bond acceptors (Lipinski definition) is 12. The molecule has 11 aliphatic rings. The van der Waals surface area contributed by atoms with Gasteiger partial charge in [-0.3, -0.25) is 14.4 Å². The van der Waals surface area contributed by atoms with E-state index in [1.165, 1.54) is 24.3 Å². The van der Waals surface area contributed by atoms with Crippen molar-refractivity contribution in [1.82, 2.24) is 0 Å². The molecule has 14 nitrogen and oxygen atoms in total. The predicted molar refractivity (Wildman–Crippen MR) is 349 cm³/mol. The zero-order valence-corrected chi connectivity index (χ0v) is 57.0. The molecule has 92 heavy (non-hydrogen) atoms. The van der Waals surface area contributed by atoms with E-state index in [-0.39, 0.29) is 97.9 Å². The second kappa shape index (κ2) is 21.1. The summed E-state index contributed by atoms with van der Waals surface area (Å²) in [4.78, 5) is 60.9. The molecule has 8 saturated carbocycles. The second-order valence-corrected chi connectivity index (χ2v) is 36.0. The summed E-state index contributed by atoms with van der Waals surface area (Å²) in [6.07, 6.45) is 18.4. The lowest BCUT2D eigenvalue weighted by molar-refractivity contribution is -0.218. The summed E-state index contributed by atoms with van der Waals surface area (Å²) in [7, 11) is 0. The summed E-state index contributed by atoms with van der Waals surface area (Å²) in [5, 5.41) is 91.9. The molecule has 11 aliphatic carbocycles. The maximum atomic E-state index is 16.6. The molecule has 0 bridgehead atoms. The molecule has 18 atom stereocenters. The van der Waals surface area contributed by atoms with Crippen molar-refractivity contribution in [2.75, 3.05) is 13.2 Å². The third-order valence-electron chi connectivity index (χ3n) is 30.7. The first-order valence-corrected chi connectivity index (χ1v) is 35.2. The number of phenols is 4. The minimum atomic E-state index is -1.58. The van der Waals surface area contributed by atoms with Crippen molar-refractivity contribution in [3.63, 3.8) is 0 Å². The smallest absolute Gasteiger partial charge is 0.334 e. The molecule has 2 aromatic rings. The third-order valence-corrected chi connectivity index (χ3v) is 30.7. The number of carbonyl (C=O) groups is 4. The molecule has 0 radical (unpaired) electrons. The molecule has 0 aliphatic heterocycles. The van der Waals surface area contributed by atoms with Crippen LogP contribution in [0.2, 0.25) is 0 Å². The SMILES string of the molecule is CC1(C)CCC2(C(=O)O)CCC3(COC(=O)C4=Cc5ccc(O)c(O)c5C(c5ccc(O)c(O)c5)C4C(=O)OCC45CCC6(C(=O)O)CCC(C)(C)CC6C4=CCC4C6(C)CCC(O)C(C)(C)C6CCC45C)C(=CCC4C5(C)CCC(O)C(C)(C)C5CCC43C)C2C1. The third kappa shape index (κ3) is 8.86. The molecule has 0 aromatic heterocycles. The zero-order chi connectivity index (χ0) is 66.5. The fourth-order valence-corrected chi connectivity index (χ4v) is 25.2. The van der Waals surface area contributed by atoms with Gasteiger partial charge in [-0.1, -0.05) is 119 Å². The van der Waals surface area contributed by atoms with Crippen LogP contribution in [-0.2, 0) is 28.7 Å². The lowest BCUT2D eigenvalue weighted by Crippen LogP contribution is -2.66. The number of carbonyl (C=O) groups excluding carboxylic acids is 2. The lowest BCUT2D eigenvalue weighted by Gasteiger charge is -2.71. The van der Waals surface area contributed by atoms with Crippen molar-refractivity contribution in [2.45, 2.75) is 230 Å². The van der Waals surface area contributed by atoms with E-state index in [9.17, 15) is 50.4 Å². The molecular formula is C78H106O14. The zero-order valence-electron chi connectivity index (χ0n) is 57.0. The van der Waals surface area contributed by atoms with Crippen LogP contribution in [0, 0.1) is 106 Å². The van der Waals surface area contributed by atoms with Gasteiger partial charge < -0.3 is 50.3 Å². The van der Waals surface area contributed by atoms with Crippen LogP contribution in [0.3, 0.4) is 0 Å². The minimum Gasteiger partial charge on any atom is -0.504 e. The highest BCUT2D eigenvalue weighted by molar-refractivity contribution is 6.02. The average molecular weight is 1270 g/mol. The lowest BCUT2D eigenvalue weighted by atomic mass is 9.33. The molecular weight excluding hydrogens is 1160 g/mol. The quantitative estimate of drug-likeness (QED) is 0.0661. The van der Waals surface area contributed by atoms with Crippen molar-refractivity contribution in [2.24, 2.45) is 106 Å². The monoisotopic (exact) mass is 1270 g/mol. The van der Waals surface area contributed by atoms with Crippen LogP contribution in [-0.4, -0.2) is 90.2 Å². The van der Waals surface area contributed by atoms with Crippen LogP contribution in [0.4, 0.5) is 0 Å². The van der Waals surface area contributed by atoms with Gasteiger partial charge in [0.05, 0.1) is 28.6 Å². The van der Waals surface area contributed by atoms with Gasteiger partial charge in [0, 0.05) is 22.3 Å². The number of aliphatic hydroxyl groups is 2. The van der Waals surface area contributed by atoms with Gasteiger partial charge in [0.25, 0.3) is 0 Å². The maximum absolute atomic E-state index is 16.6. The van der Waals surface area contributed by atoms with Crippen LogP contribution in [0.1, 0.15) is 234 Å². The minimum absolute atomic E-state index is 0.0719. The molecule has 0 heterocycles. The van der Waals surface area contributed by atoms with E-state index in [0.717, 1.165) is 75.4 Å². The Morgan fingerprint density at radius 3 is 1.43 bits per heavy atom. The molecule has 0 amide bonds. The van der Waals surface area contributed by atoms with Crippen LogP contribution < -0.4 is 0 Å². The molecule has 502 valence electrons. The molecule has 13 rings (SSSR count). The number of carboxylic acid groups (broad SMARTS) is 2. The number of aliphatic hydroxyl groups excluding tert-OH is 2. The fraction of sp³-hybridized carbons (Fsp3) is 0.718. The Labute approximate surface area is 545 Å². The highest BCUT2D eigenvalue weighted by Gasteiger charge is 2.74. The van der Waals surface area contributed by atoms with E-state index in [0.29, 0.717) is 69.8 Å². The standard InChI is InChI=1S/C78H106O14/c1-67(2)29-31-75(65(87)88)33-35-77(46(48(75)39-67)15-19-55-71(9)25-23-57(82)69(5,6)53(71)21-27-73(55,77)11)41-91-63(85)45-37-43-14-18-51(80)62(84)60(43)59(44-13-17-50(79)52(81)38-44)61(45)64(86)92-42-78-36-34-76(66(89)90)32-30-68(3,4)40-49(76)47(78)16-20-56-72(10)26-24-58(83)70(7,8)54(72)22-28-74(56,78)12/h13-18,37-38,48-49,53-59,61,79-84H,19-36,39-42H2,1-12H3,(H,87,88)(H,89,90). The van der Waals surface area contributed by atoms with Crippen LogP contribution >= 0.6 is 0 Å². The summed E-state index contributed by atoms with van der Waals surface area (Å²) < 4.78 is 14.2. The number of aromatic hydroxyl groups is 4. The van der Waals surface area contributed by atoms with Gasteiger partial charge in [-0.05, 0) is 243 Å². The van der Waals surface area contributed by atoms with Gasteiger partial charge in [-0.15, -0.1) is 0 Å². The van der Waals surface area contributed by atoms with Crippen LogP contribution in [0.5, 0.6) is 23.0 Å². The molecule has 2 aromatic carbocycles. The Morgan fingerprint density at radius 2 is 0.967 bits per heavy atom. The highest BCUT2D eigenvalue weighted by atomic mass is 16.5. The second-order valence-electron chi connectivity index (χ2n) is 36.0. The molecule has 18 unspecified atom stereocenters. The number of ether oxygens (including phenoxy) is 2. The topological polar surface area (TPSA) is 249 Å². The summed E-state index contributed by atoms with van der Waals surface area (Å²) in [5.74, 6) is -8.16. The number of allylic oxidation sites excluding steroid dienone is 2. The number of hydrogen-bond donors (Lipinski definition) is 8. The van der Waals surface area contributed by atoms with Crippen molar-refractivity contribution in [1.29, 1.82) is 0 Å². The number of benzene rings is 2. The van der Waals surface area contributed by atoms with E-state index >= 15 is 9.59 Å². The fourth-order valence-electron chi connectivity index (χ4n) is 25.2. The largest absolute Gasteiger partial charge is 0.504 e. The number of esters is 2. The summed E-state index contributed by atoms with van der Waals surface area (Å²) in [5.41, 5.74) is -3.56. The van der Waals surface area contributed by atoms with E-state index in [4.69, 9.17) is 9.47 Å². The normalized spacial score (nSPS) is 43.2. The first kappa shape index (κ1) is 65.3. The number of carboxylic acids is 2. The van der Waals surface area contributed by atoms with Gasteiger partial charge in [-0.25, -0.2) is 4.79 Å².